The Morgan fingerprint density at radius 1 is 1.39 bits per heavy atom. The van der Waals surface area contributed by atoms with E-state index in [1.54, 1.807) is 31.2 Å². The minimum Gasteiger partial charge on any atom is -0.424 e. The molecular formula is C22H21N6O9P. The number of imidazole rings is 1. The molecule has 15 nitrogen and oxygen atoms in total. The molecule has 3 aliphatic rings. The number of H-pyrrole nitrogens is 1. The summed E-state index contributed by atoms with van der Waals surface area (Å²) in [5, 5.41) is 0. The Morgan fingerprint density at radius 3 is 3.05 bits per heavy atom. The molecule has 3 saturated heterocycles. The van der Waals surface area contributed by atoms with Crippen molar-refractivity contribution in [3.05, 3.63) is 57.9 Å². The predicted molar refractivity (Wildman–Crippen MR) is 127 cm³/mol. The number of aromatic amines is 1. The Labute approximate surface area is 214 Å². The van der Waals surface area contributed by atoms with E-state index in [9.17, 15) is 14.2 Å². The smallest absolute Gasteiger partial charge is 0.424 e. The number of nitrogens with two attached hydrogens (primary N) is 1. The third-order valence-corrected chi connectivity index (χ3v) is 8.06. The highest BCUT2D eigenvalue weighted by Gasteiger charge is 2.64. The van der Waals surface area contributed by atoms with Crippen molar-refractivity contribution in [2.45, 2.75) is 43.5 Å². The van der Waals surface area contributed by atoms with Crippen LogP contribution < -0.4 is 11.3 Å². The topological polar surface area (TPSA) is 183 Å². The van der Waals surface area contributed by atoms with Crippen molar-refractivity contribution >= 4 is 36.8 Å². The molecule has 3 aliphatic heterocycles. The van der Waals surface area contributed by atoms with E-state index in [1.807, 2.05) is 0 Å². The molecule has 38 heavy (non-hydrogen) atoms. The summed E-state index contributed by atoms with van der Waals surface area (Å²) in [6.45, 7) is 8.54. The molecule has 1 aromatic carbocycles. The quantitative estimate of drug-likeness (QED) is 0.272. The Balaban J connectivity index is 1.24. The van der Waals surface area contributed by atoms with Crippen LogP contribution in [0.3, 0.4) is 0 Å². The number of benzene rings is 1. The molecule has 3 fully saturated rings. The van der Waals surface area contributed by atoms with E-state index < -0.39 is 49.7 Å². The maximum Gasteiger partial charge on any atom is 0.509 e. The lowest BCUT2D eigenvalue weighted by Crippen LogP contribution is -2.42. The van der Waals surface area contributed by atoms with Crippen LogP contribution in [0.1, 0.15) is 31.2 Å². The highest BCUT2D eigenvalue weighted by molar-refractivity contribution is 7.48. The number of aromatic nitrogens is 4. The van der Waals surface area contributed by atoms with E-state index in [-0.39, 0.29) is 30.3 Å². The molecule has 198 valence electrons. The number of fused-ring (bicyclic) bond motifs is 2. The normalized spacial score (nSPS) is 32.5. The second-order valence-corrected chi connectivity index (χ2v) is 10.7. The maximum absolute atomic E-state index is 13.3. The summed E-state index contributed by atoms with van der Waals surface area (Å²) >= 11 is 0. The first-order valence-corrected chi connectivity index (χ1v) is 13.0. The van der Waals surface area contributed by atoms with Gasteiger partial charge in [0.15, 0.2) is 34.8 Å². The van der Waals surface area contributed by atoms with Gasteiger partial charge >= 0.3 is 14.0 Å². The van der Waals surface area contributed by atoms with Gasteiger partial charge in [-0.2, -0.15) is 4.98 Å². The lowest BCUT2D eigenvalue weighted by Gasteiger charge is -2.30. The monoisotopic (exact) mass is 544 g/mol. The van der Waals surface area contributed by atoms with E-state index in [2.05, 4.69) is 19.8 Å². The SMILES string of the molecule is [C-]#[N+]c1cccc([C@@H]2CCO[P@](=O)(OC[C@H]3O[C@@H](n4cnc5c(=O)[nH]c(N)nc54)[C@]4(C)OC(=O)O[C@H]34)O2)c1. The molecule has 6 rings (SSSR count). The number of hydrogen-bond acceptors (Lipinski definition) is 12. The molecule has 0 aliphatic carbocycles. The van der Waals surface area contributed by atoms with Gasteiger partial charge in [0.1, 0.15) is 6.10 Å². The standard InChI is InChI=1S/C22H21N6O9P/c1-22-16(35-21(30)36-22)14(34-19(22)28-10-25-15-17(28)26-20(23)27-18(15)29)9-33-38(31)32-7-6-13(37-38)11-4-3-5-12(8-11)24-2/h3-5,8,10,13-14,16,19H,6-7,9H2,1H3,(H3,23,26,27,29)/t13-,14+,16+,19+,22+,38+/m0/s1. The van der Waals surface area contributed by atoms with E-state index >= 15 is 0 Å². The zero-order valence-electron chi connectivity index (χ0n) is 19.8. The number of nitrogens with one attached hydrogen (secondary N) is 1. The zero-order chi connectivity index (χ0) is 26.7. The summed E-state index contributed by atoms with van der Waals surface area (Å²) in [5.41, 5.74) is 4.99. The molecule has 2 aromatic heterocycles. The Kier molecular flexibility index (Phi) is 5.74. The molecule has 0 bridgehead atoms. The van der Waals surface area contributed by atoms with E-state index in [0.29, 0.717) is 17.7 Å². The Bertz CT molecular complexity index is 1580. The van der Waals surface area contributed by atoms with Crippen LogP contribution in [0.5, 0.6) is 0 Å². The van der Waals surface area contributed by atoms with Gasteiger partial charge in [-0.05, 0) is 12.5 Å². The van der Waals surface area contributed by atoms with Crippen molar-refractivity contribution in [3.8, 4) is 0 Å². The van der Waals surface area contributed by atoms with Crippen LogP contribution in [0, 0.1) is 6.57 Å². The summed E-state index contributed by atoms with van der Waals surface area (Å²) in [6.07, 6.45) is -2.79. The minimum atomic E-state index is -4.05. The average molecular weight is 544 g/mol. The highest BCUT2D eigenvalue weighted by atomic mass is 31.2. The molecule has 3 N–H and O–H groups in total. The van der Waals surface area contributed by atoms with Crippen molar-refractivity contribution in [1.82, 2.24) is 19.5 Å². The van der Waals surface area contributed by atoms with Gasteiger partial charge in [0.05, 0.1) is 32.2 Å². The molecule has 6 atom stereocenters. The van der Waals surface area contributed by atoms with Crippen LogP contribution in [-0.4, -0.2) is 56.7 Å². The molecule has 3 aromatic rings. The number of nitrogen functional groups attached to an aromatic ring is 1. The number of carbonyl (C=O) groups is 1. The average Bonchev–Trinajstić information content (AvgIpc) is 3.52. The van der Waals surface area contributed by atoms with Crippen LogP contribution in [0.2, 0.25) is 0 Å². The van der Waals surface area contributed by atoms with Gasteiger partial charge in [-0.15, -0.1) is 0 Å². The maximum atomic E-state index is 13.3. The number of ether oxygens (including phenoxy) is 3. The molecule has 0 amide bonds. The number of phosphoric ester groups is 1. The summed E-state index contributed by atoms with van der Waals surface area (Å²) < 4.78 is 48.4. The summed E-state index contributed by atoms with van der Waals surface area (Å²) in [7, 11) is -4.05. The fourth-order valence-electron chi connectivity index (χ4n) is 4.84. The second-order valence-electron chi connectivity index (χ2n) is 9.04. The lowest BCUT2D eigenvalue weighted by atomic mass is 9.96. The largest absolute Gasteiger partial charge is 0.509 e. The molecule has 0 unspecified atom stereocenters. The summed E-state index contributed by atoms with van der Waals surface area (Å²) in [5.74, 6) is -0.135. The Hall–Kier alpha value is -3.80. The highest BCUT2D eigenvalue weighted by Crippen LogP contribution is 2.58. The van der Waals surface area contributed by atoms with E-state index in [0.717, 1.165) is 0 Å². The lowest BCUT2D eigenvalue weighted by molar-refractivity contribution is -0.0925. The predicted octanol–water partition coefficient (Wildman–Crippen LogP) is 2.75. The van der Waals surface area contributed by atoms with Crippen molar-refractivity contribution in [2.75, 3.05) is 18.9 Å². The summed E-state index contributed by atoms with van der Waals surface area (Å²) in [6, 6.07) is 6.79. The number of carbonyl (C=O) groups excluding carboxylic acids is 1. The number of anilines is 1. The van der Waals surface area contributed by atoms with E-state index in [1.165, 1.54) is 10.9 Å². The fourth-order valence-corrected chi connectivity index (χ4v) is 6.23. The van der Waals surface area contributed by atoms with Crippen LogP contribution in [0.15, 0.2) is 35.4 Å². The van der Waals surface area contributed by atoms with Gasteiger partial charge in [-0.3, -0.25) is 27.9 Å². The van der Waals surface area contributed by atoms with Gasteiger partial charge < -0.3 is 19.9 Å². The van der Waals surface area contributed by atoms with Crippen LogP contribution in [0.4, 0.5) is 16.4 Å². The van der Waals surface area contributed by atoms with Gasteiger partial charge in [0.2, 0.25) is 5.95 Å². The number of nitrogens with zero attached hydrogens (tertiary/aromatic N) is 4. The molecular weight excluding hydrogens is 523 g/mol. The first-order chi connectivity index (χ1) is 18.2. The van der Waals surface area contributed by atoms with Crippen LogP contribution in [-0.2, 0) is 32.3 Å². The number of rotatable bonds is 5. The van der Waals surface area contributed by atoms with Crippen molar-refractivity contribution in [3.63, 3.8) is 0 Å². The molecule has 0 radical (unpaired) electrons. The third kappa shape index (κ3) is 4.03. The van der Waals surface area contributed by atoms with Gasteiger partial charge in [0.25, 0.3) is 5.56 Å². The number of phosphoric acid groups is 1. The minimum absolute atomic E-state index is 0.00895. The van der Waals surface area contributed by atoms with E-state index in [4.69, 9.17) is 40.1 Å². The van der Waals surface area contributed by atoms with Gasteiger partial charge in [0, 0.05) is 6.42 Å². The van der Waals surface area contributed by atoms with Gasteiger partial charge in [-0.1, -0.05) is 24.3 Å². The van der Waals surface area contributed by atoms with Crippen LogP contribution >= 0.6 is 7.82 Å². The molecule has 0 spiro atoms. The zero-order valence-corrected chi connectivity index (χ0v) is 20.7. The summed E-state index contributed by atoms with van der Waals surface area (Å²) in [4.78, 5) is 38.4. The molecule has 5 heterocycles. The molecule has 16 heteroatoms. The van der Waals surface area contributed by atoms with Crippen molar-refractivity contribution in [2.24, 2.45) is 0 Å². The van der Waals surface area contributed by atoms with Crippen molar-refractivity contribution < 1.29 is 37.1 Å². The first-order valence-electron chi connectivity index (χ1n) is 11.5. The Morgan fingerprint density at radius 2 is 2.24 bits per heavy atom. The van der Waals surface area contributed by atoms with Crippen LogP contribution in [0.25, 0.3) is 16.0 Å². The first kappa shape index (κ1) is 24.5. The van der Waals surface area contributed by atoms with Gasteiger partial charge in [-0.25, -0.2) is 19.2 Å². The molecule has 0 saturated carbocycles. The number of hydrogen-bond donors (Lipinski definition) is 2. The second kappa shape index (κ2) is 8.90. The third-order valence-electron chi connectivity index (χ3n) is 6.58. The van der Waals surface area contributed by atoms with Crippen molar-refractivity contribution in [1.29, 1.82) is 0 Å². The fraction of sp³-hybridized carbons (Fsp3) is 0.409.